The minimum absolute atomic E-state index is 0.163. The fourth-order valence-electron chi connectivity index (χ4n) is 6.38. The summed E-state index contributed by atoms with van der Waals surface area (Å²) in [6.45, 7) is 3.09. The maximum Gasteiger partial charge on any atom is 0.336 e. The van der Waals surface area contributed by atoms with Crippen LogP contribution in [0.15, 0.2) is 24.0 Å². The number of esters is 2. The Labute approximate surface area is 208 Å². The number of ether oxygens (including phenoxy) is 3. The summed E-state index contributed by atoms with van der Waals surface area (Å²) in [4.78, 5) is 38.2. The van der Waals surface area contributed by atoms with Crippen LogP contribution in [0.2, 0.25) is 0 Å². The number of nitrogens with zero attached hydrogens (tertiary/aromatic N) is 1. The fourth-order valence-corrected chi connectivity index (χ4v) is 6.38. The quantitative estimate of drug-likeness (QED) is 0.446. The van der Waals surface area contributed by atoms with E-state index in [1.165, 1.54) is 13.8 Å². The van der Waals surface area contributed by atoms with E-state index in [9.17, 15) is 29.7 Å². The highest BCUT2D eigenvalue weighted by Gasteiger charge is 2.71. The summed E-state index contributed by atoms with van der Waals surface area (Å²) in [6.07, 6.45) is -1.24. The van der Waals surface area contributed by atoms with E-state index < -0.39 is 47.7 Å². The molecule has 1 aromatic carbocycles. The molecule has 194 valence electrons. The summed E-state index contributed by atoms with van der Waals surface area (Å²) in [5, 5.41) is 32.2. The molecule has 36 heavy (non-hydrogen) atoms. The summed E-state index contributed by atoms with van der Waals surface area (Å²) in [7, 11) is 1.99. The van der Waals surface area contributed by atoms with Gasteiger partial charge in [-0.3, -0.25) is 9.59 Å². The standard InChI is InChI=1S/C26H31NO9/c1-13(29)14(2)34-24(32)17(30)11-20(31)35-18-6-7-26(33)19-10-15-4-5-16(12-28)22-21(15)25(26,23(18)36-22)8-9-27(19)3/h4-6,14,17,19,23,28,30,33H,7-12H2,1-3H3/t14-,17-,19+,23-,25-,26+/m0/s1. The molecule has 2 aliphatic heterocycles. The monoisotopic (exact) mass is 501 g/mol. The van der Waals surface area contributed by atoms with Gasteiger partial charge in [0.15, 0.2) is 24.1 Å². The van der Waals surface area contributed by atoms with Gasteiger partial charge in [-0.2, -0.15) is 0 Å². The number of Topliss-reactive ketones (excluding diaryl/α,β-unsaturated/α-hetero) is 1. The van der Waals surface area contributed by atoms with Gasteiger partial charge in [-0.15, -0.1) is 0 Å². The maximum atomic E-state index is 12.7. The number of aliphatic hydroxyl groups excluding tert-OH is 2. The summed E-state index contributed by atoms with van der Waals surface area (Å²) < 4.78 is 16.9. The molecule has 0 aromatic heterocycles. The highest BCUT2D eigenvalue weighted by Crippen LogP contribution is 2.64. The summed E-state index contributed by atoms with van der Waals surface area (Å²) in [5.41, 5.74) is 0.474. The number of benzene rings is 1. The van der Waals surface area contributed by atoms with E-state index in [2.05, 4.69) is 4.90 Å². The normalized spacial score (nSPS) is 31.4. The highest BCUT2D eigenvalue weighted by molar-refractivity contribution is 5.86. The Morgan fingerprint density at radius 3 is 2.75 bits per heavy atom. The minimum atomic E-state index is -1.80. The van der Waals surface area contributed by atoms with Crippen molar-refractivity contribution in [3.8, 4) is 5.75 Å². The van der Waals surface area contributed by atoms with Crippen molar-refractivity contribution in [3.63, 3.8) is 0 Å². The Hall–Kier alpha value is -2.79. The number of aliphatic hydroxyl groups is 3. The number of rotatable bonds is 7. The van der Waals surface area contributed by atoms with E-state index in [0.29, 0.717) is 30.7 Å². The number of likely N-dealkylation sites (N-methyl/N-ethyl adjacent to an activating group) is 1. The first-order valence-corrected chi connectivity index (χ1v) is 12.2. The Balaban J connectivity index is 1.43. The number of likely N-dealkylation sites (tertiary alicyclic amines) is 1. The first kappa shape index (κ1) is 24.9. The number of piperidine rings is 1. The Bertz CT molecular complexity index is 1160. The molecule has 5 rings (SSSR count). The number of hydrogen-bond acceptors (Lipinski definition) is 10. The van der Waals surface area contributed by atoms with Gasteiger partial charge in [0.2, 0.25) is 0 Å². The second kappa shape index (κ2) is 8.65. The van der Waals surface area contributed by atoms with Crippen molar-refractivity contribution in [1.29, 1.82) is 0 Å². The maximum absolute atomic E-state index is 12.7. The molecule has 4 aliphatic rings. The van der Waals surface area contributed by atoms with Crippen molar-refractivity contribution >= 4 is 17.7 Å². The predicted octanol–water partition coefficient (Wildman–Crippen LogP) is 0.271. The molecule has 2 aliphatic carbocycles. The van der Waals surface area contributed by atoms with Gasteiger partial charge in [0.05, 0.1) is 24.0 Å². The molecule has 0 radical (unpaired) electrons. The molecule has 1 aromatic rings. The van der Waals surface area contributed by atoms with Gasteiger partial charge in [-0.25, -0.2) is 4.79 Å². The van der Waals surface area contributed by atoms with E-state index in [1.807, 2.05) is 19.2 Å². The number of ketones is 1. The van der Waals surface area contributed by atoms with Gasteiger partial charge in [-0.1, -0.05) is 12.1 Å². The minimum Gasteiger partial charge on any atom is -0.481 e. The SMILES string of the molecule is CC(=O)[C@H](C)OC(=O)[C@@H](O)CC(=O)OC1=CC[C@@]2(O)[C@H]3Cc4ccc(CO)c5c4[C@@]2(CCN3C)[C@H]1O5. The lowest BCUT2D eigenvalue weighted by Gasteiger charge is -2.61. The molecule has 10 heteroatoms. The molecule has 2 heterocycles. The molecule has 10 nitrogen and oxygen atoms in total. The topological polar surface area (TPSA) is 143 Å². The third-order valence-corrected chi connectivity index (χ3v) is 8.36. The van der Waals surface area contributed by atoms with Gasteiger partial charge in [0.1, 0.15) is 11.5 Å². The van der Waals surface area contributed by atoms with E-state index in [0.717, 1.165) is 11.1 Å². The molecule has 1 spiro atoms. The Morgan fingerprint density at radius 2 is 2.06 bits per heavy atom. The van der Waals surface area contributed by atoms with Crippen molar-refractivity contribution in [3.05, 3.63) is 40.7 Å². The number of hydrogen-bond donors (Lipinski definition) is 3. The van der Waals surface area contributed by atoms with Crippen molar-refractivity contribution in [2.24, 2.45) is 0 Å². The largest absolute Gasteiger partial charge is 0.481 e. The zero-order valence-corrected chi connectivity index (χ0v) is 20.5. The van der Waals surface area contributed by atoms with Crippen LogP contribution in [0.25, 0.3) is 0 Å². The van der Waals surface area contributed by atoms with Crippen LogP contribution in [0.1, 0.15) is 49.8 Å². The summed E-state index contributed by atoms with van der Waals surface area (Å²) in [6, 6.07) is 3.63. The molecule has 2 bridgehead atoms. The molecule has 1 fully saturated rings. The van der Waals surface area contributed by atoms with Gasteiger partial charge in [0.25, 0.3) is 0 Å². The van der Waals surface area contributed by atoms with Crippen LogP contribution in [-0.2, 0) is 42.3 Å². The van der Waals surface area contributed by atoms with Crippen molar-refractivity contribution < 1.29 is 43.9 Å². The van der Waals surface area contributed by atoms with Gasteiger partial charge >= 0.3 is 11.9 Å². The Morgan fingerprint density at radius 1 is 1.31 bits per heavy atom. The molecular weight excluding hydrogens is 470 g/mol. The summed E-state index contributed by atoms with van der Waals surface area (Å²) >= 11 is 0. The second-order valence-corrected chi connectivity index (χ2v) is 10.3. The van der Waals surface area contributed by atoms with Crippen LogP contribution in [0, 0.1) is 0 Å². The van der Waals surface area contributed by atoms with Crippen LogP contribution in [0.3, 0.4) is 0 Å². The number of carbonyl (C=O) groups excluding carboxylic acids is 3. The van der Waals surface area contributed by atoms with Crippen molar-refractivity contribution in [1.82, 2.24) is 4.90 Å². The zero-order chi connectivity index (χ0) is 26.0. The van der Waals surface area contributed by atoms with Gasteiger partial charge in [0, 0.05) is 23.6 Å². The van der Waals surface area contributed by atoms with Crippen LogP contribution in [0.4, 0.5) is 0 Å². The van der Waals surface area contributed by atoms with Crippen molar-refractivity contribution in [2.45, 2.75) is 81.5 Å². The van der Waals surface area contributed by atoms with Crippen LogP contribution < -0.4 is 4.74 Å². The van der Waals surface area contributed by atoms with E-state index >= 15 is 0 Å². The fraction of sp³-hybridized carbons (Fsp3) is 0.577. The van der Waals surface area contributed by atoms with Gasteiger partial charge in [-0.05, 0) is 51.9 Å². The van der Waals surface area contributed by atoms with Crippen LogP contribution >= 0.6 is 0 Å². The second-order valence-electron chi connectivity index (χ2n) is 10.3. The molecule has 0 amide bonds. The number of carbonyl (C=O) groups is 3. The molecule has 0 saturated carbocycles. The first-order chi connectivity index (χ1) is 17.0. The van der Waals surface area contributed by atoms with E-state index in [1.54, 1.807) is 6.08 Å². The average Bonchev–Trinajstić information content (AvgIpc) is 3.18. The lowest BCUT2D eigenvalue weighted by atomic mass is 9.50. The van der Waals surface area contributed by atoms with Gasteiger partial charge < -0.3 is 34.4 Å². The smallest absolute Gasteiger partial charge is 0.336 e. The zero-order valence-electron chi connectivity index (χ0n) is 20.5. The first-order valence-electron chi connectivity index (χ1n) is 12.2. The predicted molar refractivity (Wildman–Crippen MR) is 124 cm³/mol. The lowest BCUT2D eigenvalue weighted by Crippen LogP contribution is -2.74. The molecule has 6 atom stereocenters. The van der Waals surface area contributed by atoms with E-state index in [4.69, 9.17) is 14.2 Å². The molecule has 1 saturated heterocycles. The molecular formula is C26H31NO9. The molecule has 0 unspecified atom stereocenters. The lowest BCUT2D eigenvalue weighted by molar-refractivity contribution is -0.172. The summed E-state index contributed by atoms with van der Waals surface area (Å²) in [5.74, 6) is -1.62. The van der Waals surface area contributed by atoms with Crippen LogP contribution in [-0.4, -0.2) is 81.5 Å². The van der Waals surface area contributed by atoms with Crippen molar-refractivity contribution in [2.75, 3.05) is 13.6 Å². The van der Waals surface area contributed by atoms with Crippen LogP contribution in [0.5, 0.6) is 5.75 Å². The third kappa shape index (κ3) is 3.42. The van der Waals surface area contributed by atoms with E-state index in [-0.39, 0.29) is 30.6 Å². The molecule has 3 N–H and O–H groups in total. The third-order valence-electron chi connectivity index (χ3n) is 8.36. The average molecular weight is 502 g/mol. The highest BCUT2D eigenvalue weighted by atomic mass is 16.6. The Kier molecular flexibility index (Phi) is 5.98.